The van der Waals surface area contributed by atoms with Gasteiger partial charge in [-0.2, -0.15) is 0 Å². The van der Waals surface area contributed by atoms with Crippen LogP contribution in [0.1, 0.15) is 25.3 Å². The molecule has 0 saturated heterocycles. The summed E-state index contributed by atoms with van der Waals surface area (Å²) in [4.78, 5) is 15.0. The first-order chi connectivity index (χ1) is 11.3. The maximum atomic E-state index is 13.1. The minimum absolute atomic E-state index is 0.0304. The quantitative estimate of drug-likeness (QED) is 0.830. The van der Waals surface area contributed by atoms with Crippen molar-refractivity contribution < 1.29 is 9.53 Å². The number of anilines is 1. The lowest BCUT2D eigenvalue weighted by Gasteiger charge is -2.39. The Hall–Kier alpha value is -2.55. The summed E-state index contributed by atoms with van der Waals surface area (Å²) in [5, 5.41) is 0. The smallest absolute Gasteiger partial charge is 0.234 e. The molecule has 1 atom stereocenters. The molecule has 0 fully saturated rings. The van der Waals surface area contributed by atoms with E-state index < -0.39 is 0 Å². The molecule has 1 unspecified atom stereocenters. The zero-order valence-electron chi connectivity index (χ0n) is 13.2. The van der Waals surface area contributed by atoms with Crippen molar-refractivity contribution in [3.8, 4) is 5.75 Å². The molecule has 0 saturated carbocycles. The van der Waals surface area contributed by atoms with Gasteiger partial charge in [0.05, 0.1) is 5.70 Å². The summed E-state index contributed by atoms with van der Waals surface area (Å²) in [7, 11) is 0. The van der Waals surface area contributed by atoms with Gasteiger partial charge in [-0.1, -0.05) is 37.3 Å². The highest BCUT2D eigenvalue weighted by molar-refractivity contribution is 6.10. The van der Waals surface area contributed by atoms with E-state index in [4.69, 9.17) is 4.74 Å². The minimum Gasteiger partial charge on any atom is -0.488 e. The molecule has 0 aromatic heterocycles. The van der Waals surface area contributed by atoms with Crippen molar-refractivity contribution in [2.24, 2.45) is 5.92 Å². The third-order valence-electron chi connectivity index (χ3n) is 4.67. The number of para-hydroxylation sites is 2. The van der Waals surface area contributed by atoms with Gasteiger partial charge in [0.1, 0.15) is 12.4 Å². The lowest BCUT2D eigenvalue weighted by Crippen LogP contribution is -2.41. The molecule has 116 valence electrons. The number of benzene rings is 2. The van der Waals surface area contributed by atoms with E-state index in [0.717, 1.165) is 35.5 Å². The van der Waals surface area contributed by atoms with E-state index in [-0.39, 0.29) is 11.8 Å². The molecular formula is C20H19NO2. The van der Waals surface area contributed by atoms with Crippen LogP contribution in [0.2, 0.25) is 0 Å². The largest absolute Gasteiger partial charge is 0.488 e. The summed E-state index contributed by atoms with van der Waals surface area (Å²) in [6.07, 6.45) is 1.64. The predicted octanol–water partition coefficient (Wildman–Crippen LogP) is 4.25. The molecule has 0 N–H and O–H groups in total. The van der Waals surface area contributed by atoms with Gasteiger partial charge in [0.25, 0.3) is 0 Å². The van der Waals surface area contributed by atoms with Crippen LogP contribution in [0.3, 0.4) is 0 Å². The van der Waals surface area contributed by atoms with Gasteiger partial charge >= 0.3 is 0 Å². The SMILES string of the molecule is CCC1CC2=C(c3ccccc3OC2)N(c2ccccc2)C1=O. The van der Waals surface area contributed by atoms with E-state index in [1.165, 1.54) is 5.57 Å². The van der Waals surface area contributed by atoms with Crippen molar-refractivity contribution in [1.29, 1.82) is 0 Å². The van der Waals surface area contributed by atoms with E-state index in [0.29, 0.717) is 6.61 Å². The van der Waals surface area contributed by atoms with Crippen LogP contribution >= 0.6 is 0 Å². The standard InChI is InChI=1S/C20H19NO2/c1-2-14-12-15-13-23-18-11-7-6-10-17(18)19(15)21(20(14)22)16-8-4-3-5-9-16/h3-11,14H,2,12-13H2,1H3. The van der Waals surface area contributed by atoms with Crippen molar-refractivity contribution in [3.05, 3.63) is 65.7 Å². The molecule has 2 aliphatic heterocycles. The lowest BCUT2D eigenvalue weighted by atomic mass is 9.86. The van der Waals surface area contributed by atoms with E-state index in [2.05, 4.69) is 6.92 Å². The molecule has 0 radical (unpaired) electrons. The van der Waals surface area contributed by atoms with Crippen LogP contribution < -0.4 is 9.64 Å². The fourth-order valence-corrected chi connectivity index (χ4v) is 3.48. The fourth-order valence-electron chi connectivity index (χ4n) is 3.48. The summed E-state index contributed by atoms with van der Waals surface area (Å²) in [5.41, 5.74) is 4.19. The van der Waals surface area contributed by atoms with Crippen molar-refractivity contribution in [1.82, 2.24) is 0 Å². The Bertz CT molecular complexity index is 779. The Kier molecular flexibility index (Phi) is 3.41. The molecule has 0 aliphatic carbocycles. The normalized spacial score (nSPS) is 20.0. The van der Waals surface area contributed by atoms with Crippen LogP contribution in [0, 0.1) is 5.92 Å². The number of ether oxygens (including phenoxy) is 1. The highest BCUT2D eigenvalue weighted by atomic mass is 16.5. The summed E-state index contributed by atoms with van der Waals surface area (Å²) < 4.78 is 5.91. The zero-order valence-corrected chi connectivity index (χ0v) is 13.2. The molecule has 3 heteroatoms. The van der Waals surface area contributed by atoms with E-state index >= 15 is 0 Å². The third kappa shape index (κ3) is 2.24. The Morgan fingerprint density at radius 1 is 1.09 bits per heavy atom. The molecule has 23 heavy (non-hydrogen) atoms. The van der Waals surface area contributed by atoms with Crippen LogP contribution in [0.25, 0.3) is 5.70 Å². The van der Waals surface area contributed by atoms with Gasteiger partial charge in [-0.3, -0.25) is 9.69 Å². The second-order valence-electron chi connectivity index (χ2n) is 6.06. The minimum atomic E-state index is 0.0304. The fraction of sp³-hybridized carbons (Fsp3) is 0.250. The summed E-state index contributed by atoms with van der Waals surface area (Å²) >= 11 is 0. The number of hydrogen-bond donors (Lipinski definition) is 0. The molecule has 0 bridgehead atoms. The molecule has 2 aromatic rings. The van der Waals surface area contributed by atoms with Gasteiger partial charge in [-0.05, 0) is 42.7 Å². The Balaban J connectivity index is 1.92. The molecular weight excluding hydrogens is 286 g/mol. The topological polar surface area (TPSA) is 29.5 Å². The van der Waals surface area contributed by atoms with Gasteiger partial charge in [0.15, 0.2) is 0 Å². The van der Waals surface area contributed by atoms with Gasteiger partial charge < -0.3 is 4.74 Å². The number of fused-ring (bicyclic) bond motifs is 2. The van der Waals surface area contributed by atoms with Crippen molar-refractivity contribution in [3.63, 3.8) is 0 Å². The van der Waals surface area contributed by atoms with Crippen molar-refractivity contribution in [2.45, 2.75) is 19.8 Å². The monoisotopic (exact) mass is 305 g/mol. The average Bonchev–Trinajstić information content (AvgIpc) is 2.62. The first kappa shape index (κ1) is 14.1. The molecule has 4 rings (SSSR count). The van der Waals surface area contributed by atoms with Gasteiger partial charge in [-0.15, -0.1) is 0 Å². The van der Waals surface area contributed by atoms with Gasteiger partial charge in [0, 0.05) is 17.2 Å². The number of carbonyl (C=O) groups is 1. The van der Waals surface area contributed by atoms with Crippen LogP contribution in [0.4, 0.5) is 5.69 Å². The van der Waals surface area contributed by atoms with Gasteiger partial charge in [0.2, 0.25) is 5.91 Å². The van der Waals surface area contributed by atoms with Gasteiger partial charge in [-0.25, -0.2) is 0 Å². The number of amides is 1. The van der Waals surface area contributed by atoms with E-state index in [9.17, 15) is 4.79 Å². The highest BCUT2D eigenvalue weighted by Gasteiger charge is 2.37. The predicted molar refractivity (Wildman–Crippen MR) is 91.2 cm³/mol. The summed E-state index contributed by atoms with van der Waals surface area (Å²) in [6.45, 7) is 2.65. The Labute approximate surface area is 136 Å². The lowest BCUT2D eigenvalue weighted by molar-refractivity contribution is -0.122. The number of hydrogen-bond acceptors (Lipinski definition) is 2. The van der Waals surface area contributed by atoms with Crippen LogP contribution in [-0.4, -0.2) is 12.5 Å². The van der Waals surface area contributed by atoms with Crippen LogP contribution in [0.5, 0.6) is 5.75 Å². The zero-order chi connectivity index (χ0) is 15.8. The Morgan fingerprint density at radius 2 is 1.83 bits per heavy atom. The van der Waals surface area contributed by atoms with E-state index in [1.54, 1.807) is 0 Å². The van der Waals surface area contributed by atoms with Crippen LogP contribution in [0.15, 0.2) is 60.2 Å². The molecule has 2 aromatic carbocycles. The molecule has 1 amide bonds. The van der Waals surface area contributed by atoms with Crippen molar-refractivity contribution in [2.75, 3.05) is 11.5 Å². The molecule has 0 spiro atoms. The maximum Gasteiger partial charge on any atom is 0.234 e. The summed E-state index contributed by atoms with van der Waals surface area (Å²) in [5.74, 6) is 1.08. The first-order valence-electron chi connectivity index (χ1n) is 8.13. The second kappa shape index (κ2) is 5.58. The maximum absolute atomic E-state index is 13.1. The van der Waals surface area contributed by atoms with Crippen LogP contribution in [-0.2, 0) is 4.79 Å². The summed E-state index contributed by atoms with van der Waals surface area (Å²) in [6, 6.07) is 17.9. The average molecular weight is 305 g/mol. The number of nitrogens with zero attached hydrogens (tertiary/aromatic N) is 1. The Morgan fingerprint density at radius 3 is 2.61 bits per heavy atom. The number of carbonyl (C=O) groups excluding carboxylic acids is 1. The first-order valence-corrected chi connectivity index (χ1v) is 8.13. The third-order valence-corrected chi connectivity index (χ3v) is 4.67. The number of rotatable bonds is 2. The van der Waals surface area contributed by atoms with E-state index in [1.807, 2.05) is 59.5 Å². The highest BCUT2D eigenvalue weighted by Crippen LogP contribution is 2.43. The van der Waals surface area contributed by atoms with Crippen molar-refractivity contribution >= 4 is 17.3 Å². The molecule has 2 heterocycles. The molecule has 2 aliphatic rings. The molecule has 3 nitrogen and oxygen atoms in total. The second-order valence-corrected chi connectivity index (χ2v) is 6.06.